The topological polar surface area (TPSA) is 87.7 Å². The summed E-state index contributed by atoms with van der Waals surface area (Å²) in [5.41, 5.74) is 1.96. The van der Waals surface area contributed by atoms with Gasteiger partial charge in [0, 0.05) is 23.7 Å². The van der Waals surface area contributed by atoms with Gasteiger partial charge >= 0.3 is 0 Å². The number of nitrogens with one attached hydrogen (secondary N) is 2. The summed E-state index contributed by atoms with van der Waals surface area (Å²) in [5.74, 6) is -0.393. The van der Waals surface area contributed by atoms with Gasteiger partial charge in [0.25, 0.3) is 11.8 Å². The Morgan fingerprint density at radius 1 is 1.03 bits per heavy atom. The summed E-state index contributed by atoms with van der Waals surface area (Å²) >= 11 is 6.04. The Bertz CT molecular complexity index is 1020. The lowest BCUT2D eigenvalue weighted by Crippen LogP contribution is -2.43. The Labute approximate surface area is 199 Å². The fraction of sp³-hybridized carbons (Fsp3) is 0.400. The van der Waals surface area contributed by atoms with Gasteiger partial charge in [0.2, 0.25) is 5.91 Å². The smallest absolute Gasteiger partial charge is 0.255 e. The van der Waals surface area contributed by atoms with E-state index in [4.69, 9.17) is 16.3 Å². The maximum absolute atomic E-state index is 13.1. The molecule has 2 aromatic carbocycles. The van der Waals surface area contributed by atoms with Crippen LogP contribution in [0.3, 0.4) is 0 Å². The first-order valence-corrected chi connectivity index (χ1v) is 11.4. The summed E-state index contributed by atoms with van der Waals surface area (Å²) in [6, 6.07) is 12.3. The van der Waals surface area contributed by atoms with Gasteiger partial charge in [0.1, 0.15) is 12.4 Å². The average molecular weight is 472 g/mol. The number of rotatable bonds is 1. The van der Waals surface area contributed by atoms with Gasteiger partial charge in [-0.3, -0.25) is 14.4 Å². The van der Waals surface area contributed by atoms with Crippen molar-refractivity contribution in [2.75, 3.05) is 32.8 Å². The Balaban J connectivity index is 1.73. The first-order valence-electron chi connectivity index (χ1n) is 11.0. The molecule has 0 saturated carbocycles. The lowest BCUT2D eigenvalue weighted by atomic mass is 9.86. The Kier molecular flexibility index (Phi) is 7.97. The number of ether oxygens (including phenoxy) is 1. The molecule has 0 radical (unpaired) electrons. The van der Waals surface area contributed by atoms with Gasteiger partial charge in [-0.1, -0.05) is 44.5 Å². The summed E-state index contributed by atoms with van der Waals surface area (Å²) in [5, 5.41) is 6.04. The summed E-state index contributed by atoms with van der Waals surface area (Å²) in [7, 11) is 0. The molecule has 0 atom stereocenters. The molecule has 0 saturated heterocycles. The van der Waals surface area contributed by atoms with Crippen LogP contribution in [0.2, 0.25) is 5.02 Å². The monoisotopic (exact) mass is 471 g/mol. The van der Waals surface area contributed by atoms with Crippen molar-refractivity contribution in [1.29, 1.82) is 0 Å². The molecule has 1 aliphatic heterocycles. The number of hydrogen-bond donors (Lipinski definition) is 2. The number of fused-ring (bicyclic) bond motifs is 1. The predicted octanol–water partition coefficient (Wildman–Crippen LogP) is 3.41. The van der Waals surface area contributed by atoms with Gasteiger partial charge in [-0.05, 0) is 47.7 Å². The van der Waals surface area contributed by atoms with Crippen molar-refractivity contribution in [2.45, 2.75) is 32.6 Å². The van der Waals surface area contributed by atoms with E-state index in [1.807, 2.05) is 12.1 Å². The number of carbonyl (C=O) groups is 3. The van der Waals surface area contributed by atoms with Crippen molar-refractivity contribution in [3.8, 4) is 5.75 Å². The zero-order valence-electron chi connectivity index (χ0n) is 19.2. The minimum absolute atomic E-state index is 0.0186. The number of nitrogens with zero attached hydrogens (tertiary/aromatic N) is 1. The molecule has 1 heterocycles. The molecule has 0 aliphatic carbocycles. The van der Waals surface area contributed by atoms with Crippen molar-refractivity contribution < 1.29 is 19.1 Å². The van der Waals surface area contributed by atoms with Crippen LogP contribution in [0.1, 0.15) is 53.5 Å². The van der Waals surface area contributed by atoms with Crippen LogP contribution in [0.4, 0.5) is 0 Å². The zero-order valence-corrected chi connectivity index (χ0v) is 20.0. The van der Waals surface area contributed by atoms with Crippen LogP contribution in [-0.2, 0) is 10.2 Å². The Morgan fingerprint density at radius 3 is 2.45 bits per heavy atom. The standard InChI is InChI=1S/C25H30ClN3O4/c1-25(2,3)18-7-5-17(6-8-18)24(32)29-13-4-11-28-23(31)20-15-19(26)9-10-21(20)33-14-12-27-22(30)16-29/h5-10,15H,4,11-14,16H2,1-3H3,(H,27,30)(H,28,31). The molecule has 2 N–H and O–H groups in total. The van der Waals surface area contributed by atoms with Crippen LogP contribution in [0, 0.1) is 0 Å². The highest BCUT2D eigenvalue weighted by molar-refractivity contribution is 6.31. The quantitative estimate of drug-likeness (QED) is 0.667. The molecule has 2 aromatic rings. The molecular formula is C25H30ClN3O4. The Morgan fingerprint density at radius 2 is 1.76 bits per heavy atom. The second-order valence-electron chi connectivity index (χ2n) is 9.00. The van der Waals surface area contributed by atoms with E-state index in [0.717, 1.165) is 5.56 Å². The van der Waals surface area contributed by atoms with Crippen molar-refractivity contribution in [2.24, 2.45) is 0 Å². The van der Waals surface area contributed by atoms with E-state index in [2.05, 4.69) is 31.4 Å². The second kappa shape index (κ2) is 10.7. The first-order chi connectivity index (χ1) is 15.6. The Hall–Kier alpha value is -3.06. The lowest BCUT2D eigenvalue weighted by Gasteiger charge is -2.24. The molecule has 33 heavy (non-hydrogen) atoms. The van der Waals surface area contributed by atoms with Gasteiger partial charge in [-0.15, -0.1) is 0 Å². The largest absolute Gasteiger partial charge is 0.491 e. The number of amides is 3. The van der Waals surface area contributed by atoms with E-state index < -0.39 is 0 Å². The molecule has 0 aromatic heterocycles. The normalized spacial score (nSPS) is 16.1. The van der Waals surface area contributed by atoms with E-state index in [9.17, 15) is 14.4 Å². The molecule has 7 nitrogen and oxygen atoms in total. The van der Waals surface area contributed by atoms with Crippen molar-refractivity contribution in [1.82, 2.24) is 15.5 Å². The maximum Gasteiger partial charge on any atom is 0.255 e. The van der Waals surface area contributed by atoms with Crippen molar-refractivity contribution >= 4 is 29.3 Å². The molecule has 8 heteroatoms. The second-order valence-corrected chi connectivity index (χ2v) is 9.44. The van der Waals surface area contributed by atoms with Crippen molar-refractivity contribution in [3.05, 3.63) is 64.2 Å². The lowest BCUT2D eigenvalue weighted by molar-refractivity contribution is -0.121. The van der Waals surface area contributed by atoms with Gasteiger partial charge in [0.05, 0.1) is 18.7 Å². The van der Waals surface area contributed by atoms with Crippen LogP contribution in [0.25, 0.3) is 0 Å². The van der Waals surface area contributed by atoms with Crippen molar-refractivity contribution in [3.63, 3.8) is 0 Å². The summed E-state index contributed by atoms with van der Waals surface area (Å²) in [6.07, 6.45) is 0.488. The minimum atomic E-state index is -0.302. The molecule has 176 valence electrons. The molecular weight excluding hydrogens is 442 g/mol. The molecule has 0 fully saturated rings. The molecule has 0 unspecified atom stereocenters. The zero-order chi connectivity index (χ0) is 24.0. The van der Waals surface area contributed by atoms with E-state index in [0.29, 0.717) is 41.4 Å². The number of halogens is 1. The van der Waals surface area contributed by atoms with Crippen LogP contribution in [-0.4, -0.2) is 55.4 Å². The molecule has 3 rings (SSSR count). The van der Waals surface area contributed by atoms with Crippen LogP contribution >= 0.6 is 11.6 Å². The average Bonchev–Trinajstić information content (AvgIpc) is 2.77. The molecule has 0 bridgehead atoms. The van der Waals surface area contributed by atoms with Crippen LogP contribution < -0.4 is 15.4 Å². The first kappa shape index (κ1) is 24.6. The molecule has 1 aliphatic rings. The van der Waals surface area contributed by atoms with E-state index in [1.165, 1.54) is 4.90 Å². The minimum Gasteiger partial charge on any atom is -0.491 e. The maximum atomic E-state index is 13.1. The fourth-order valence-electron chi connectivity index (χ4n) is 3.50. The van der Waals surface area contributed by atoms with E-state index in [-0.39, 0.29) is 42.8 Å². The SMILES string of the molecule is CC(C)(C)c1ccc(C(=O)N2CCCNC(=O)c3cc(Cl)ccc3OCCNC(=O)C2)cc1. The third-order valence-corrected chi connectivity index (χ3v) is 5.61. The highest BCUT2D eigenvalue weighted by Crippen LogP contribution is 2.24. The molecule has 0 spiro atoms. The van der Waals surface area contributed by atoms with E-state index >= 15 is 0 Å². The third-order valence-electron chi connectivity index (χ3n) is 5.38. The summed E-state index contributed by atoms with van der Waals surface area (Å²) < 4.78 is 5.67. The molecule has 3 amide bonds. The third kappa shape index (κ3) is 6.71. The summed E-state index contributed by atoms with van der Waals surface area (Å²) in [4.78, 5) is 39.7. The van der Waals surface area contributed by atoms with Gasteiger partial charge in [-0.25, -0.2) is 0 Å². The number of carbonyl (C=O) groups excluding carboxylic acids is 3. The number of hydrogen-bond acceptors (Lipinski definition) is 4. The number of benzene rings is 2. The summed E-state index contributed by atoms with van der Waals surface area (Å²) in [6.45, 7) is 7.34. The fourth-order valence-corrected chi connectivity index (χ4v) is 3.67. The highest BCUT2D eigenvalue weighted by Gasteiger charge is 2.21. The van der Waals surface area contributed by atoms with E-state index in [1.54, 1.807) is 30.3 Å². The van der Waals surface area contributed by atoms with Gasteiger partial charge in [0.15, 0.2) is 0 Å². The van der Waals surface area contributed by atoms with Gasteiger partial charge < -0.3 is 20.3 Å². The van der Waals surface area contributed by atoms with Crippen LogP contribution in [0.15, 0.2) is 42.5 Å². The highest BCUT2D eigenvalue weighted by atomic mass is 35.5. The predicted molar refractivity (Wildman–Crippen MR) is 128 cm³/mol. The van der Waals surface area contributed by atoms with Crippen LogP contribution in [0.5, 0.6) is 5.75 Å². The van der Waals surface area contributed by atoms with Gasteiger partial charge in [-0.2, -0.15) is 0 Å².